The Labute approximate surface area is 202 Å². The number of ether oxygens (including phenoxy) is 2. The van der Waals surface area contributed by atoms with Gasteiger partial charge in [-0.2, -0.15) is 9.41 Å². The number of sulfonamides is 1. The van der Waals surface area contributed by atoms with Crippen molar-refractivity contribution in [3.05, 3.63) is 88.9 Å². The highest BCUT2D eigenvalue weighted by atomic mass is 35.5. The molecule has 0 aliphatic carbocycles. The molecular weight excluding hydrogens is 478 g/mol. The SMILES string of the molecule is O=C(CN(Cc1ccccc1)S(=O)(=O)c1ccc2c(c1)OCCO2)NN=Cc1ccccc1Cl. The van der Waals surface area contributed by atoms with Gasteiger partial charge in [-0.15, -0.1) is 0 Å². The summed E-state index contributed by atoms with van der Waals surface area (Å²) < 4.78 is 39.1. The minimum absolute atomic E-state index is 0.0000461. The van der Waals surface area contributed by atoms with E-state index in [-0.39, 0.29) is 11.4 Å². The predicted molar refractivity (Wildman–Crippen MR) is 129 cm³/mol. The van der Waals surface area contributed by atoms with Gasteiger partial charge in [0.15, 0.2) is 11.5 Å². The molecule has 4 rings (SSSR count). The van der Waals surface area contributed by atoms with Crippen LogP contribution in [0.5, 0.6) is 11.5 Å². The van der Waals surface area contributed by atoms with Gasteiger partial charge in [0.2, 0.25) is 10.0 Å². The molecule has 1 aliphatic rings. The fraction of sp³-hybridized carbons (Fsp3) is 0.167. The highest BCUT2D eigenvalue weighted by molar-refractivity contribution is 7.89. The molecule has 1 heterocycles. The number of carbonyl (C=O) groups excluding carboxylic acids is 1. The van der Waals surface area contributed by atoms with E-state index in [4.69, 9.17) is 21.1 Å². The molecule has 1 aliphatic heterocycles. The number of halogens is 1. The lowest BCUT2D eigenvalue weighted by Crippen LogP contribution is -2.39. The zero-order chi connectivity index (χ0) is 24.0. The van der Waals surface area contributed by atoms with Gasteiger partial charge in [0.1, 0.15) is 13.2 Å². The van der Waals surface area contributed by atoms with Crippen LogP contribution < -0.4 is 14.9 Å². The minimum Gasteiger partial charge on any atom is -0.486 e. The van der Waals surface area contributed by atoms with Gasteiger partial charge in [-0.25, -0.2) is 13.8 Å². The highest BCUT2D eigenvalue weighted by Crippen LogP contribution is 2.33. The fourth-order valence-corrected chi connectivity index (χ4v) is 4.88. The summed E-state index contributed by atoms with van der Waals surface area (Å²) in [4.78, 5) is 12.6. The third kappa shape index (κ3) is 5.74. The normalized spacial score (nSPS) is 13.2. The van der Waals surface area contributed by atoms with Crippen molar-refractivity contribution >= 4 is 33.7 Å². The van der Waals surface area contributed by atoms with Crippen LogP contribution in [0, 0.1) is 0 Å². The van der Waals surface area contributed by atoms with Crippen LogP contribution in [0.15, 0.2) is 82.8 Å². The lowest BCUT2D eigenvalue weighted by molar-refractivity contribution is -0.121. The van der Waals surface area contributed by atoms with Crippen LogP contribution in [-0.2, 0) is 21.4 Å². The molecule has 0 aromatic heterocycles. The summed E-state index contributed by atoms with van der Waals surface area (Å²) in [6.07, 6.45) is 1.40. The first-order valence-corrected chi connectivity index (χ1v) is 12.3. The third-order valence-electron chi connectivity index (χ3n) is 4.97. The molecule has 0 radical (unpaired) electrons. The largest absolute Gasteiger partial charge is 0.486 e. The van der Waals surface area contributed by atoms with Crippen molar-refractivity contribution in [2.24, 2.45) is 5.10 Å². The van der Waals surface area contributed by atoms with E-state index in [0.29, 0.717) is 35.3 Å². The topological polar surface area (TPSA) is 97.3 Å². The molecular formula is C24H22ClN3O5S. The Morgan fingerprint density at radius 3 is 2.47 bits per heavy atom. The first kappa shape index (κ1) is 23.7. The Morgan fingerprint density at radius 2 is 1.71 bits per heavy atom. The molecule has 3 aromatic rings. The van der Waals surface area contributed by atoms with Crippen molar-refractivity contribution in [2.45, 2.75) is 11.4 Å². The number of hydrogen-bond donors (Lipinski definition) is 1. The summed E-state index contributed by atoms with van der Waals surface area (Å²) in [6, 6.07) is 20.4. The van der Waals surface area contributed by atoms with Crippen molar-refractivity contribution in [1.82, 2.24) is 9.73 Å². The van der Waals surface area contributed by atoms with Crippen molar-refractivity contribution in [2.75, 3.05) is 19.8 Å². The van der Waals surface area contributed by atoms with Gasteiger partial charge in [0.05, 0.1) is 17.7 Å². The van der Waals surface area contributed by atoms with Crippen LogP contribution in [0.4, 0.5) is 0 Å². The lowest BCUT2D eigenvalue weighted by Gasteiger charge is -2.23. The van der Waals surface area contributed by atoms with Gasteiger partial charge in [-0.3, -0.25) is 4.79 Å². The van der Waals surface area contributed by atoms with E-state index < -0.39 is 22.5 Å². The Morgan fingerprint density at radius 1 is 1.00 bits per heavy atom. The number of nitrogens with zero attached hydrogens (tertiary/aromatic N) is 2. The molecule has 1 N–H and O–H groups in total. The molecule has 0 unspecified atom stereocenters. The van der Waals surface area contributed by atoms with E-state index in [1.807, 2.05) is 6.07 Å². The second-order valence-corrected chi connectivity index (χ2v) is 9.72. The zero-order valence-corrected chi connectivity index (χ0v) is 19.6. The van der Waals surface area contributed by atoms with Crippen LogP contribution in [0.3, 0.4) is 0 Å². The van der Waals surface area contributed by atoms with E-state index >= 15 is 0 Å². The number of rotatable bonds is 8. The number of fused-ring (bicyclic) bond motifs is 1. The van der Waals surface area contributed by atoms with Gasteiger partial charge in [0, 0.05) is 23.2 Å². The number of nitrogens with one attached hydrogen (secondary N) is 1. The average Bonchev–Trinajstić information content (AvgIpc) is 2.85. The molecule has 3 aromatic carbocycles. The first-order chi connectivity index (χ1) is 16.4. The number of amides is 1. The minimum atomic E-state index is -4.05. The van der Waals surface area contributed by atoms with E-state index in [1.54, 1.807) is 54.6 Å². The average molecular weight is 500 g/mol. The summed E-state index contributed by atoms with van der Waals surface area (Å²) in [5, 5.41) is 4.39. The Bertz CT molecular complexity index is 1300. The van der Waals surface area contributed by atoms with Crippen molar-refractivity contribution < 1.29 is 22.7 Å². The number of hydrazone groups is 1. The number of benzene rings is 3. The van der Waals surface area contributed by atoms with Crippen molar-refractivity contribution in [3.63, 3.8) is 0 Å². The molecule has 0 saturated heterocycles. The molecule has 1 amide bonds. The molecule has 10 heteroatoms. The maximum absolute atomic E-state index is 13.5. The second-order valence-electron chi connectivity index (χ2n) is 7.38. The fourth-order valence-electron chi connectivity index (χ4n) is 3.30. The number of hydrogen-bond acceptors (Lipinski definition) is 6. The van der Waals surface area contributed by atoms with Gasteiger partial charge >= 0.3 is 0 Å². The lowest BCUT2D eigenvalue weighted by atomic mass is 10.2. The quantitative estimate of drug-likeness (QED) is 0.378. The second kappa shape index (κ2) is 10.7. The van der Waals surface area contributed by atoms with Gasteiger partial charge < -0.3 is 9.47 Å². The maximum atomic E-state index is 13.5. The molecule has 34 heavy (non-hydrogen) atoms. The standard InChI is InChI=1S/C24H22ClN3O5S/c25-21-9-5-4-8-19(21)15-26-27-24(29)17-28(16-18-6-2-1-3-7-18)34(30,31)20-10-11-22-23(14-20)33-13-12-32-22/h1-11,14-15H,12-13,16-17H2,(H,27,29). The van der Waals surface area contributed by atoms with Gasteiger partial charge in [-0.05, 0) is 23.8 Å². The van der Waals surface area contributed by atoms with E-state index in [1.165, 1.54) is 18.3 Å². The number of carbonyl (C=O) groups is 1. The van der Waals surface area contributed by atoms with Crippen molar-refractivity contribution in [1.29, 1.82) is 0 Å². The smallest absolute Gasteiger partial charge is 0.255 e. The van der Waals surface area contributed by atoms with Crippen LogP contribution in [-0.4, -0.2) is 44.6 Å². The van der Waals surface area contributed by atoms with E-state index in [2.05, 4.69) is 10.5 Å². The highest BCUT2D eigenvalue weighted by Gasteiger charge is 2.28. The molecule has 0 saturated carbocycles. The van der Waals surface area contributed by atoms with Crippen LogP contribution in [0.25, 0.3) is 0 Å². The molecule has 0 atom stereocenters. The molecule has 8 nitrogen and oxygen atoms in total. The maximum Gasteiger partial charge on any atom is 0.255 e. The third-order valence-corrected chi connectivity index (χ3v) is 7.10. The molecule has 0 spiro atoms. The zero-order valence-electron chi connectivity index (χ0n) is 18.1. The summed E-state index contributed by atoms with van der Waals surface area (Å²) in [7, 11) is -4.05. The van der Waals surface area contributed by atoms with Crippen LogP contribution >= 0.6 is 11.6 Å². The summed E-state index contributed by atoms with van der Waals surface area (Å²) in [6.45, 7) is 0.287. The van der Waals surface area contributed by atoms with Crippen LogP contribution in [0.2, 0.25) is 5.02 Å². The van der Waals surface area contributed by atoms with E-state index in [0.717, 1.165) is 9.87 Å². The summed E-state index contributed by atoms with van der Waals surface area (Å²) >= 11 is 6.08. The molecule has 0 bridgehead atoms. The summed E-state index contributed by atoms with van der Waals surface area (Å²) in [5.74, 6) is 0.229. The predicted octanol–water partition coefficient (Wildman–Crippen LogP) is 3.45. The van der Waals surface area contributed by atoms with Crippen molar-refractivity contribution in [3.8, 4) is 11.5 Å². The summed E-state index contributed by atoms with van der Waals surface area (Å²) in [5.41, 5.74) is 3.72. The monoisotopic (exact) mass is 499 g/mol. The van der Waals surface area contributed by atoms with Crippen LogP contribution in [0.1, 0.15) is 11.1 Å². The van der Waals surface area contributed by atoms with Gasteiger partial charge in [0.25, 0.3) is 5.91 Å². The van der Waals surface area contributed by atoms with Gasteiger partial charge in [-0.1, -0.05) is 60.1 Å². The molecule has 176 valence electrons. The Hall–Kier alpha value is -3.40. The first-order valence-electron chi connectivity index (χ1n) is 10.4. The Kier molecular flexibility index (Phi) is 7.46. The van der Waals surface area contributed by atoms with E-state index in [9.17, 15) is 13.2 Å². The Balaban J connectivity index is 1.55. The molecule has 0 fully saturated rings.